The fraction of sp³-hybridized carbons (Fsp3) is 0.548. The van der Waals surface area contributed by atoms with E-state index in [9.17, 15) is 14.4 Å². The van der Waals surface area contributed by atoms with Crippen molar-refractivity contribution in [2.24, 2.45) is 23.9 Å². The first-order chi connectivity index (χ1) is 27.3. The van der Waals surface area contributed by atoms with Gasteiger partial charge in [-0.1, -0.05) is 70.3 Å². The van der Waals surface area contributed by atoms with Gasteiger partial charge in [0.25, 0.3) is 0 Å². The number of hydrogen-bond acceptors (Lipinski definition) is 11. The number of carbonyl (C=O) groups excluding carboxylic acids is 3. The number of ether oxygens (including phenoxy) is 3. The van der Waals surface area contributed by atoms with Crippen LogP contribution in [-0.2, 0) is 37.3 Å². The molecule has 0 saturated carbocycles. The van der Waals surface area contributed by atoms with Crippen LogP contribution in [0.4, 0.5) is 10.5 Å². The smallest absolute Gasteiger partial charge is 0.419 e. The van der Waals surface area contributed by atoms with Gasteiger partial charge in [-0.3, -0.25) is 24.5 Å². The zero-order chi connectivity index (χ0) is 40.0. The highest BCUT2D eigenvalue weighted by molar-refractivity contribution is 9.10. The molecule has 0 radical (unpaired) electrons. The van der Waals surface area contributed by atoms with Gasteiger partial charge >= 0.3 is 18.0 Å². The van der Waals surface area contributed by atoms with Crippen molar-refractivity contribution in [2.45, 2.75) is 104 Å². The topological polar surface area (TPSA) is 150 Å². The number of hydrogen-bond donors (Lipinski definition) is 1. The minimum Gasteiger partial charge on any atom is -0.465 e. The number of unbranched alkanes of at least 4 members (excludes halogenated alkanes) is 8. The van der Waals surface area contributed by atoms with Crippen LogP contribution in [0.25, 0.3) is 11.0 Å². The Morgan fingerprint density at radius 3 is 2.43 bits per heavy atom. The average molecular weight is 837 g/mol. The third kappa shape index (κ3) is 14.5. The third-order valence-electron chi connectivity index (χ3n) is 9.76. The highest BCUT2D eigenvalue weighted by Gasteiger charge is 2.32. The van der Waals surface area contributed by atoms with Crippen molar-refractivity contribution >= 4 is 56.6 Å². The number of aryl methyl sites for hydroxylation is 1. The number of esters is 2. The molecule has 1 amide bonds. The normalized spacial score (nSPS) is 14.0. The Bertz CT molecular complexity index is 1780. The monoisotopic (exact) mass is 835 g/mol. The number of aromatic nitrogens is 4. The number of anilines is 1. The summed E-state index contributed by atoms with van der Waals surface area (Å²) in [5.41, 5.74) is 2.93. The molecule has 1 aliphatic rings. The first-order valence-corrected chi connectivity index (χ1v) is 20.8. The average Bonchev–Trinajstić information content (AvgIpc) is 3.84. The van der Waals surface area contributed by atoms with Gasteiger partial charge in [-0.15, -0.1) is 0 Å². The molecule has 3 aromatic rings. The summed E-state index contributed by atoms with van der Waals surface area (Å²) in [6, 6.07) is 3.63. The van der Waals surface area contributed by atoms with Gasteiger partial charge in [0.2, 0.25) is 12.8 Å². The van der Waals surface area contributed by atoms with E-state index in [0.717, 1.165) is 56.2 Å². The lowest BCUT2D eigenvalue weighted by atomic mass is 9.87. The molecule has 0 unspecified atom stereocenters. The highest BCUT2D eigenvalue weighted by atomic mass is 79.9. The number of allylic oxidation sites excluding steroid dienone is 4. The van der Waals surface area contributed by atoms with E-state index in [0.29, 0.717) is 54.0 Å². The van der Waals surface area contributed by atoms with E-state index in [1.807, 2.05) is 30.7 Å². The zero-order valence-electron chi connectivity index (χ0n) is 33.2. The number of guanidine groups is 1. The number of rotatable bonds is 24. The molecule has 14 heteroatoms. The summed E-state index contributed by atoms with van der Waals surface area (Å²) in [6.07, 6.45) is 28.4. The summed E-state index contributed by atoms with van der Waals surface area (Å²) >= 11 is 3.56. The van der Waals surface area contributed by atoms with Gasteiger partial charge in [-0.05, 0) is 79.4 Å². The molecule has 0 aliphatic carbocycles. The largest absolute Gasteiger partial charge is 0.465 e. The van der Waals surface area contributed by atoms with E-state index in [4.69, 9.17) is 14.2 Å². The van der Waals surface area contributed by atoms with Crippen LogP contribution in [-0.4, -0.2) is 74.9 Å². The van der Waals surface area contributed by atoms with E-state index in [-0.39, 0.29) is 18.5 Å². The molecular weight excluding hydrogens is 778 g/mol. The van der Waals surface area contributed by atoms with E-state index in [2.05, 4.69) is 72.4 Å². The third-order valence-corrected chi connectivity index (χ3v) is 10.6. The quantitative estimate of drug-likeness (QED) is 0.0401. The fourth-order valence-corrected chi connectivity index (χ4v) is 7.02. The Hall–Kier alpha value is -4.59. The Labute approximate surface area is 339 Å². The van der Waals surface area contributed by atoms with Gasteiger partial charge in [0.15, 0.2) is 0 Å². The number of imidazole rings is 1. The van der Waals surface area contributed by atoms with Gasteiger partial charge in [0, 0.05) is 43.7 Å². The van der Waals surface area contributed by atoms with Crippen LogP contribution in [0.1, 0.15) is 103 Å². The van der Waals surface area contributed by atoms with Crippen molar-refractivity contribution < 1.29 is 28.6 Å². The van der Waals surface area contributed by atoms with Crippen molar-refractivity contribution in [3.05, 3.63) is 71.5 Å². The molecule has 1 N–H and O–H groups in total. The summed E-state index contributed by atoms with van der Waals surface area (Å²) in [5, 5.41) is 3.16. The Morgan fingerprint density at radius 1 is 0.929 bits per heavy atom. The van der Waals surface area contributed by atoms with E-state index < -0.39 is 24.8 Å². The summed E-state index contributed by atoms with van der Waals surface area (Å²) < 4.78 is 19.1. The molecule has 4 rings (SSSR count). The van der Waals surface area contributed by atoms with Crippen molar-refractivity contribution in [1.82, 2.24) is 24.4 Å². The number of nitrogens with one attached hydrogen (secondary N) is 1. The predicted octanol–water partition coefficient (Wildman–Crippen LogP) is 9.09. The van der Waals surface area contributed by atoms with Crippen LogP contribution in [0, 0.1) is 11.8 Å². The number of amides is 1. The molecule has 0 fully saturated rings. The van der Waals surface area contributed by atoms with Gasteiger partial charge in [-0.25, -0.2) is 14.7 Å². The number of halogens is 1. The number of carbonyl (C=O) groups is 3. The summed E-state index contributed by atoms with van der Waals surface area (Å²) in [5.74, 6) is -1.48. The molecule has 0 spiro atoms. The molecule has 1 aromatic carbocycles. The lowest BCUT2D eigenvalue weighted by molar-refractivity contribution is -0.162. The Balaban J connectivity index is 1.18. The Kier molecular flexibility index (Phi) is 19.6. The summed E-state index contributed by atoms with van der Waals surface area (Å²) in [7, 11) is 1.88. The van der Waals surface area contributed by atoms with Crippen LogP contribution in [0.2, 0.25) is 0 Å². The van der Waals surface area contributed by atoms with Gasteiger partial charge in [0.05, 0.1) is 47.6 Å². The van der Waals surface area contributed by atoms with Crippen molar-refractivity contribution in [3.8, 4) is 0 Å². The molecule has 56 heavy (non-hydrogen) atoms. The van der Waals surface area contributed by atoms with Crippen molar-refractivity contribution in [3.63, 3.8) is 0 Å². The summed E-state index contributed by atoms with van der Waals surface area (Å²) in [4.78, 5) is 57.9. The summed E-state index contributed by atoms with van der Waals surface area (Å²) in [6.45, 7) is 4.28. The maximum Gasteiger partial charge on any atom is 0.419 e. The molecule has 3 heterocycles. The molecule has 304 valence electrons. The molecule has 2 aromatic heterocycles. The van der Waals surface area contributed by atoms with Gasteiger partial charge in [0.1, 0.15) is 5.52 Å². The fourth-order valence-electron chi connectivity index (χ4n) is 6.49. The molecule has 0 bridgehead atoms. The lowest BCUT2D eigenvalue weighted by Gasteiger charge is -2.25. The minimum atomic E-state index is -0.708. The van der Waals surface area contributed by atoms with Crippen LogP contribution in [0.5, 0.6) is 0 Å². The maximum absolute atomic E-state index is 13.4. The molecule has 1 aliphatic heterocycles. The van der Waals surface area contributed by atoms with Gasteiger partial charge in [-0.2, -0.15) is 0 Å². The van der Waals surface area contributed by atoms with E-state index in [1.165, 1.54) is 30.6 Å². The molecule has 13 nitrogen and oxygen atoms in total. The lowest BCUT2D eigenvalue weighted by Crippen LogP contribution is -2.39. The second-order valence-electron chi connectivity index (χ2n) is 14.0. The van der Waals surface area contributed by atoms with Crippen molar-refractivity contribution in [1.29, 1.82) is 0 Å². The van der Waals surface area contributed by atoms with Crippen LogP contribution >= 0.6 is 15.9 Å². The first kappa shape index (κ1) is 44.1. The number of nitrogens with zero attached hydrogens (tertiary/aromatic N) is 6. The van der Waals surface area contributed by atoms with E-state index in [1.54, 1.807) is 24.9 Å². The number of aliphatic imine (C=N–C) groups is 1. The molecule has 2 atom stereocenters. The number of fused-ring (bicyclic) bond motifs is 1. The van der Waals surface area contributed by atoms with Crippen LogP contribution in [0.3, 0.4) is 0 Å². The molecule has 0 saturated heterocycles. The predicted molar refractivity (Wildman–Crippen MR) is 222 cm³/mol. The standard InChI is InChI=1S/C42H58BrN7O6/c1-4-6-7-8-9-10-11-12-13-14-15-16-17-18-19-20-37(51)54-29-32(27-33-28-44-30-49(33)3)34(5-2)40(52)55-31-56-42(53)50-26-25-47-41(50)48-35-21-22-36-39(38(35)43)46-24-23-45-36/h9-10,12-13,21-24,28,30,32,34H,4-8,11,14-20,25-27,29,31H2,1-3H3,(H,47,48)/b10-9-,13-12-/t32-,34-/m0/s1. The zero-order valence-corrected chi connectivity index (χ0v) is 34.8. The first-order valence-electron chi connectivity index (χ1n) is 20.0. The molecular formula is C42H58BrN7O6. The van der Waals surface area contributed by atoms with Crippen LogP contribution in [0.15, 0.2) is 70.8 Å². The van der Waals surface area contributed by atoms with E-state index >= 15 is 0 Å². The van der Waals surface area contributed by atoms with Gasteiger partial charge < -0.3 is 24.1 Å². The highest BCUT2D eigenvalue weighted by Crippen LogP contribution is 2.30. The van der Waals surface area contributed by atoms with Crippen molar-refractivity contribution in [2.75, 3.05) is 31.8 Å². The second kappa shape index (κ2) is 24.8. The number of benzene rings is 1. The second-order valence-corrected chi connectivity index (χ2v) is 14.8. The minimum absolute atomic E-state index is 0.0624. The maximum atomic E-state index is 13.4. The van der Waals surface area contributed by atoms with Crippen LogP contribution < -0.4 is 5.32 Å². The SMILES string of the molecule is CCCCC/C=C\C/C=C\CCCCCCCC(=O)OC[C@H](Cc1cncn1C)[C@H](CC)C(=O)OCOC(=O)N1CCN=C1Nc1ccc2nccnc2c1Br. The Morgan fingerprint density at radius 2 is 1.68 bits per heavy atom.